The molecule has 0 saturated carbocycles. The molecule has 0 bridgehead atoms. The molecule has 1 saturated heterocycles. The molecule has 1 aliphatic heterocycles. The van der Waals surface area contributed by atoms with Gasteiger partial charge in [-0.1, -0.05) is 24.3 Å². The summed E-state index contributed by atoms with van der Waals surface area (Å²) in [5, 5.41) is 0. The first-order valence-electron chi connectivity index (χ1n) is 11.7. The van der Waals surface area contributed by atoms with Gasteiger partial charge >= 0.3 is 0 Å². The van der Waals surface area contributed by atoms with E-state index in [1.807, 2.05) is 56.5 Å². The topological polar surface area (TPSA) is 50.0 Å². The van der Waals surface area contributed by atoms with Crippen LogP contribution in [0.15, 0.2) is 71.7 Å². The zero-order valence-corrected chi connectivity index (χ0v) is 19.3. The van der Waals surface area contributed by atoms with Crippen LogP contribution in [0.3, 0.4) is 0 Å². The van der Waals surface area contributed by atoms with E-state index in [4.69, 9.17) is 0 Å². The predicted octanol–water partition coefficient (Wildman–Crippen LogP) is 4.08. The molecule has 2 aromatic carbocycles. The first-order valence-corrected chi connectivity index (χ1v) is 11.7. The largest absolute Gasteiger partial charge is 0.365 e. The number of hydrogen-bond donors (Lipinski definition) is 0. The van der Waals surface area contributed by atoms with E-state index < -0.39 is 0 Å². The van der Waals surface area contributed by atoms with Crippen molar-refractivity contribution in [2.45, 2.75) is 39.3 Å². The van der Waals surface area contributed by atoms with Gasteiger partial charge in [0.15, 0.2) is 0 Å². The van der Waals surface area contributed by atoms with Crippen LogP contribution < -0.4 is 10.5 Å². The number of rotatable bonds is 5. The number of fused-ring (bicyclic) bond motifs is 3. The van der Waals surface area contributed by atoms with Crippen LogP contribution in [0.4, 0.5) is 5.69 Å². The summed E-state index contributed by atoms with van der Waals surface area (Å²) in [5.41, 5.74) is 5.04. The second-order valence-corrected chi connectivity index (χ2v) is 9.03. The van der Waals surface area contributed by atoms with E-state index in [0.717, 1.165) is 30.7 Å². The highest BCUT2D eigenvalue weighted by molar-refractivity contribution is 5.79. The van der Waals surface area contributed by atoms with Gasteiger partial charge in [0.25, 0.3) is 5.56 Å². The molecular formula is C27H30N4O2. The number of aryl methyl sites for hydroxylation is 2. The zero-order valence-electron chi connectivity index (χ0n) is 19.3. The number of aromatic nitrogens is 2. The molecule has 4 aromatic rings. The van der Waals surface area contributed by atoms with Gasteiger partial charge < -0.3 is 18.8 Å². The Bertz CT molecular complexity index is 1370. The normalized spacial score (nSPS) is 16.6. The molecule has 1 atom stereocenters. The number of anilines is 1. The van der Waals surface area contributed by atoms with Gasteiger partial charge in [-0.25, -0.2) is 0 Å². The van der Waals surface area contributed by atoms with E-state index in [9.17, 15) is 9.59 Å². The second kappa shape index (κ2) is 8.77. The smallest absolute Gasteiger partial charge is 0.275 e. The minimum Gasteiger partial charge on any atom is -0.365 e. The summed E-state index contributed by atoms with van der Waals surface area (Å²) in [4.78, 5) is 30.4. The molecule has 1 fully saturated rings. The van der Waals surface area contributed by atoms with Gasteiger partial charge in [0, 0.05) is 50.5 Å². The predicted molar refractivity (Wildman–Crippen MR) is 133 cm³/mol. The number of carbonyl (C=O) groups is 1. The van der Waals surface area contributed by atoms with E-state index >= 15 is 0 Å². The summed E-state index contributed by atoms with van der Waals surface area (Å²) in [7, 11) is 0. The number of amides is 1. The highest BCUT2D eigenvalue weighted by atomic mass is 16.2. The molecule has 3 heterocycles. The van der Waals surface area contributed by atoms with Crippen molar-refractivity contribution in [1.29, 1.82) is 0 Å². The Morgan fingerprint density at radius 2 is 1.76 bits per heavy atom. The molecule has 6 nitrogen and oxygen atoms in total. The van der Waals surface area contributed by atoms with Gasteiger partial charge in [-0.05, 0) is 62.2 Å². The Morgan fingerprint density at radius 3 is 2.55 bits per heavy atom. The van der Waals surface area contributed by atoms with Crippen molar-refractivity contribution >= 4 is 28.1 Å². The Hall–Kier alpha value is -3.54. The lowest BCUT2D eigenvalue weighted by Crippen LogP contribution is -2.53. The molecule has 5 rings (SSSR count). The number of nitrogens with zero attached hydrogens (tertiary/aromatic N) is 4. The van der Waals surface area contributed by atoms with E-state index in [1.165, 1.54) is 11.3 Å². The number of para-hydroxylation sites is 2. The lowest BCUT2D eigenvalue weighted by Gasteiger charge is -2.41. The van der Waals surface area contributed by atoms with Crippen LogP contribution in [0.2, 0.25) is 0 Å². The summed E-state index contributed by atoms with van der Waals surface area (Å²) in [6.07, 6.45) is 3.01. The second-order valence-electron chi connectivity index (χ2n) is 9.03. The monoisotopic (exact) mass is 442 g/mol. The van der Waals surface area contributed by atoms with Crippen LogP contribution in [0.1, 0.15) is 25.3 Å². The Kier molecular flexibility index (Phi) is 5.67. The Labute approximate surface area is 193 Å². The number of hydrogen-bond acceptors (Lipinski definition) is 3. The van der Waals surface area contributed by atoms with Gasteiger partial charge in [0.05, 0.1) is 11.0 Å². The molecule has 0 spiro atoms. The fraction of sp³-hybridized carbons (Fsp3) is 0.333. The number of benzene rings is 2. The molecule has 33 heavy (non-hydrogen) atoms. The molecule has 0 unspecified atom stereocenters. The van der Waals surface area contributed by atoms with Crippen LogP contribution in [0, 0.1) is 6.92 Å². The van der Waals surface area contributed by atoms with Crippen molar-refractivity contribution < 1.29 is 4.79 Å². The van der Waals surface area contributed by atoms with Crippen LogP contribution in [0.5, 0.6) is 0 Å². The van der Waals surface area contributed by atoms with Crippen molar-refractivity contribution in [2.24, 2.45) is 0 Å². The molecule has 1 amide bonds. The van der Waals surface area contributed by atoms with E-state index in [1.54, 1.807) is 0 Å². The van der Waals surface area contributed by atoms with Crippen molar-refractivity contribution in [3.63, 3.8) is 0 Å². The SMILES string of the molecule is Cc1cccc(N2CCN(C(=O)CCCn3c(=O)c4cccn4c4ccccc43)C[C@@H]2C)c1. The van der Waals surface area contributed by atoms with E-state index in [0.29, 0.717) is 24.9 Å². The van der Waals surface area contributed by atoms with Gasteiger partial charge in [-0.15, -0.1) is 0 Å². The lowest BCUT2D eigenvalue weighted by molar-refractivity contribution is -0.132. The van der Waals surface area contributed by atoms with Crippen molar-refractivity contribution in [3.8, 4) is 0 Å². The summed E-state index contributed by atoms with van der Waals surface area (Å²) >= 11 is 0. The van der Waals surface area contributed by atoms with Gasteiger partial charge in [-0.3, -0.25) is 9.59 Å². The fourth-order valence-electron chi connectivity index (χ4n) is 5.05. The number of piperazine rings is 1. The summed E-state index contributed by atoms with van der Waals surface area (Å²) < 4.78 is 3.75. The maximum Gasteiger partial charge on any atom is 0.275 e. The van der Waals surface area contributed by atoms with Crippen LogP contribution in [-0.4, -0.2) is 45.5 Å². The van der Waals surface area contributed by atoms with Crippen LogP contribution in [-0.2, 0) is 11.3 Å². The van der Waals surface area contributed by atoms with Crippen LogP contribution >= 0.6 is 0 Å². The average molecular weight is 443 g/mol. The van der Waals surface area contributed by atoms with Crippen molar-refractivity contribution in [3.05, 3.63) is 82.8 Å². The highest BCUT2D eigenvalue weighted by Gasteiger charge is 2.26. The maximum absolute atomic E-state index is 13.1. The first kappa shape index (κ1) is 21.3. The van der Waals surface area contributed by atoms with Crippen molar-refractivity contribution in [2.75, 3.05) is 24.5 Å². The van der Waals surface area contributed by atoms with E-state index in [-0.39, 0.29) is 17.5 Å². The van der Waals surface area contributed by atoms with Crippen LogP contribution in [0.25, 0.3) is 16.6 Å². The fourth-order valence-corrected chi connectivity index (χ4v) is 5.05. The molecule has 0 N–H and O–H groups in total. The third kappa shape index (κ3) is 4.01. The highest BCUT2D eigenvalue weighted by Crippen LogP contribution is 2.22. The standard InChI is InChI=1S/C27H30N4O2/c1-20-8-5-9-22(18-20)29-17-16-28(19-21(29)2)26(32)13-7-15-31-24-11-4-3-10-23(24)30-14-6-12-25(30)27(31)33/h3-6,8-12,14,18,21H,7,13,15-17,19H2,1-2H3/t21-/m0/s1. The van der Waals surface area contributed by atoms with Crippen molar-refractivity contribution in [1.82, 2.24) is 13.9 Å². The lowest BCUT2D eigenvalue weighted by atomic mass is 10.1. The molecule has 0 radical (unpaired) electrons. The molecule has 6 heteroatoms. The van der Waals surface area contributed by atoms with E-state index in [2.05, 4.69) is 43.0 Å². The van der Waals surface area contributed by atoms with Gasteiger partial charge in [0.1, 0.15) is 5.52 Å². The minimum atomic E-state index is -0.00783. The average Bonchev–Trinajstić information content (AvgIpc) is 3.31. The summed E-state index contributed by atoms with van der Waals surface area (Å²) in [6, 6.07) is 20.5. The maximum atomic E-state index is 13.1. The summed E-state index contributed by atoms with van der Waals surface area (Å²) in [6.45, 7) is 7.12. The number of carbonyl (C=O) groups excluding carboxylic acids is 1. The Morgan fingerprint density at radius 1 is 0.970 bits per heavy atom. The summed E-state index contributed by atoms with van der Waals surface area (Å²) in [5.74, 6) is 0.173. The van der Waals surface area contributed by atoms with Gasteiger partial charge in [-0.2, -0.15) is 0 Å². The molecular weight excluding hydrogens is 412 g/mol. The first-order chi connectivity index (χ1) is 16.0. The Balaban J connectivity index is 1.25. The third-order valence-electron chi connectivity index (χ3n) is 6.73. The zero-order chi connectivity index (χ0) is 22.9. The molecule has 0 aliphatic carbocycles. The molecule has 170 valence electrons. The molecule has 2 aromatic heterocycles. The minimum absolute atomic E-state index is 0.00783. The molecule has 1 aliphatic rings. The van der Waals surface area contributed by atoms with Gasteiger partial charge in [0.2, 0.25) is 5.91 Å². The quantitative estimate of drug-likeness (QED) is 0.468. The third-order valence-corrected chi connectivity index (χ3v) is 6.73.